The number of hydrogen-bond donors (Lipinski definition) is 1. The van der Waals surface area contributed by atoms with Crippen LogP contribution in [0, 0.1) is 5.82 Å². The van der Waals surface area contributed by atoms with Gasteiger partial charge in [0, 0.05) is 30.3 Å². The Labute approximate surface area is 144 Å². The number of fused-ring (bicyclic) bond motifs is 3. The van der Waals surface area contributed by atoms with Crippen molar-refractivity contribution in [1.29, 1.82) is 0 Å². The van der Waals surface area contributed by atoms with Crippen LogP contribution in [0.15, 0.2) is 48.5 Å². The van der Waals surface area contributed by atoms with Crippen molar-refractivity contribution >= 4 is 5.91 Å². The molecule has 0 unspecified atom stereocenters. The molecule has 1 aliphatic heterocycles. The van der Waals surface area contributed by atoms with Gasteiger partial charge in [0.1, 0.15) is 18.2 Å². The number of carbonyl (C=O) groups excluding carboxylic acids is 1. The molecule has 6 heteroatoms. The topological polar surface area (TPSA) is 56.2 Å². The summed E-state index contributed by atoms with van der Waals surface area (Å²) < 4.78 is 21.1. The zero-order valence-corrected chi connectivity index (χ0v) is 13.6. The summed E-state index contributed by atoms with van der Waals surface area (Å²) >= 11 is 0. The molecule has 0 bridgehead atoms. The molecule has 0 aliphatic carbocycles. The van der Waals surface area contributed by atoms with Gasteiger partial charge in [-0.05, 0) is 18.2 Å². The van der Waals surface area contributed by atoms with Crippen molar-refractivity contribution in [1.82, 2.24) is 15.1 Å². The summed E-state index contributed by atoms with van der Waals surface area (Å²) in [6, 6.07) is 14.0. The molecule has 2 aromatic carbocycles. The van der Waals surface area contributed by atoms with Crippen LogP contribution >= 0.6 is 0 Å². The normalized spacial score (nSPS) is 12.1. The van der Waals surface area contributed by atoms with Gasteiger partial charge in [0.05, 0.1) is 5.69 Å². The molecule has 3 aromatic rings. The molecule has 5 nitrogen and oxygen atoms in total. The summed E-state index contributed by atoms with van der Waals surface area (Å²) in [5.41, 5.74) is 3.27. The second-order valence-corrected chi connectivity index (χ2v) is 5.86. The molecule has 0 spiro atoms. The molecule has 126 valence electrons. The maximum absolute atomic E-state index is 13.7. The lowest BCUT2D eigenvalue weighted by Gasteiger charge is -2.18. The van der Waals surface area contributed by atoms with Crippen LogP contribution in [-0.2, 0) is 20.2 Å². The van der Waals surface area contributed by atoms with Crippen molar-refractivity contribution in [2.75, 3.05) is 0 Å². The summed E-state index contributed by atoms with van der Waals surface area (Å²) in [6.45, 7) is 0.386. The van der Waals surface area contributed by atoms with E-state index in [4.69, 9.17) is 4.74 Å². The molecule has 0 saturated heterocycles. The van der Waals surface area contributed by atoms with E-state index in [1.54, 1.807) is 29.9 Å². The molecule has 0 atom stereocenters. The highest BCUT2D eigenvalue weighted by Crippen LogP contribution is 2.38. The van der Waals surface area contributed by atoms with E-state index in [9.17, 15) is 9.18 Å². The number of aromatic nitrogens is 2. The third kappa shape index (κ3) is 2.65. The maximum Gasteiger partial charge on any atom is 0.272 e. The first-order chi connectivity index (χ1) is 12.1. The van der Waals surface area contributed by atoms with E-state index in [-0.39, 0.29) is 24.9 Å². The van der Waals surface area contributed by atoms with Crippen molar-refractivity contribution in [3.8, 4) is 17.0 Å². The van der Waals surface area contributed by atoms with Gasteiger partial charge in [-0.1, -0.05) is 30.3 Å². The Morgan fingerprint density at radius 2 is 2.00 bits per heavy atom. The molecule has 4 rings (SSSR count). The average molecular weight is 337 g/mol. The Hall–Kier alpha value is -3.15. The first-order valence-corrected chi connectivity index (χ1v) is 7.95. The fourth-order valence-corrected chi connectivity index (χ4v) is 3.06. The van der Waals surface area contributed by atoms with Crippen molar-refractivity contribution < 1.29 is 13.9 Å². The number of rotatable bonds is 3. The number of nitrogens with zero attached hydrogens (tertiary/aromatic N) is 2. The molecule has 25 heavy (non-hydrogen) atoms. The van der Waals surface area contributed by atoms with E-state index >= 15 is 0 Å². The van der Waals surface area contributed by atoms with Crippen LogP contribution in [0.1, 0.15) is 21.6 Å². The van der Waals surface area contributed by atoms with Crippen molar-refractivity contribution in [2.24, 2.45) is 7.05 Å². The molecule has 1 amide bonds. The zero-order chi connectivity index (χ0) is 17.4. The fraction of sp³-hybridized carbons (Fsp3) is 0.158. The van der Waals surface area contributed by atoms with E-state index in [0.717, 1.165) is 22.6 Å². The van der Waals surface area contributed by atoms with E-state index in [1.165, 1.54) is 6.07 Å². The van der Waals surface area contributed by atoms with Crippen LogP contribution in [0.4, 0.5) is 4.39 Å². The van der Waals surface area contributed by atoms with Crippen molar-refractivity contribution in [3.63, 3.8) is 0 Å². The summed E-state index contributed by atoms with van der Waals surface area (Å²) in [5, 5.41) is 7.09. The predicted octanol–water partition coefficient (Wildman–Crippen LogP) is 3.05. The second kappa shape index (κ2) is 6.05. The third-order valence-electron chi connectivity index (χ3n) is 4.27. The minimum atomic E-state index is -0.344. The van der Waals surface area contributed by atoms with Gasteiger partial charge in [0.25, 0.3) is 5.91 Å². The number of aryl methyl sites for hydroxylation is 1. The maximum atomic E-state index is 13.7. The number of para-hydroxylation sites is 1. The molecule has 1 aromatic heterocycles. The molecule has 0 saturated carbocycles. The van der Waals surface area contributed by atoms with E-state index in [2.05, 4.69) is 10.4 Å². The van der Waals surface area contributed by atoms with Gasteiger partial charge in [-0.3, -0.25) is 9.48 Å². The van der Waals surface area contributed by atoms with Crippen molar-refractivity contribution in [2.45, 2.75) is 13.2 Å². The highest BCUT2D eigenvalue weighted by molar-refractivity contribution is 5.96. The monoisotopic (exact) mass is 337 g/mol. The molecule has 2 heterocycles. The SMILES string of the molecule is Cn1nc(C(=O)NCc2ccccc2F)c2c1-c1ccccc1OC2. The van der Waals surface area contributed by atoms with Gasteiger partial charge in [-0.25, -0.2) is 4.39 Å². The van der Waals surface area contributed by atoms with Gasteiger partial charge in [0.15, 0.2) is 5.69 Å². The van der Waals surface area contributed by atoms with Crippen LogP contribution in [0.5, 0.6) is 5.75 Å². The Balaban J connectivity index is 1.62. The predicted molar refractivity (Wildman–Crippen MR) is 90.5 cm³/mol. The summed E-state index contributed by atoms with van der Waals surface area (Å²) in [7, 11) is 1.80. The highest BCUT2D eigenvalue weighted by Gasteiger charge is 2.28. The number of amides is 1. The molecular weight excluding hydrogens is 321 g/mol. The first-order valence-electron chi connectivity index (χ1n) is 7.95. The Kier molecular flexibility index (Phi) is 3.72. The fourth-order valence-electron chi connectivity index (χ4n) is 3.06. The molecule has 0 fully saturated rings. The summed E-state index contributed by atoms with van der Waals surface area (Å²) in [4.78, 5) is 12.6. The van der Waals surface area contributed by atoms with E-state index < -0.39 is 0 Å². The highest BCUT2D eigenvalue weighted by atomic mass is 19.1. The largest absolute Gasteiger partial charge is 0.488 e. The van der Waals surface area contributed by atoms with Gasteiger partial charge in [0.2, 0.25) is 0 Å². The smallest absolute Gasteiger partial charge is 0.272 e. The average Bonchev–Trinajstić information content (AvgIpc) is 2.98. The Morgan fingerprint density at radius 3 is 2.84 bits per heavy atom. The van der Waals surface area contributed by atoms with Crippen LogP contribution < -0.4 is 10.1 Å². The first kappa shape index (κ1) is 15.4. The lowest BCUT2D eigenvalue weighted by Crippen LogP contribution is -2.25. The molecule has 1 aliphatic rings. The third-order valence-corrected chi connectivity index (χ3v) is 4.27. The number of nitrogens with one attached hydrogen (secondary N) is 1. The van der Waals surface area contributed by atoms with Crippen LogP contribution in [0.3, 0.4) is 0 Å². The van der Waals surface area contributed by atoms with E-state index in [1.807, 2.05) is 24.3 Å². The van der Waals surface area contributed by atoms with Crippen molar-refractivity contribution in [3.05, 3.63) is 71.2 Å². The van der Waals surface area contributed by atoms with Crippen LogP contribution in [0.2, 0.25) is 0 Å². The number of ether oxygens (including phenoxy) is 1. The minimum Gasteiger partial charge on any atom is -0.488 e. The van der Waals surface area contributed by atoms with Crippen LogP contribution in [-0.4, -0.2) is 15.7 Å². The van der Waals surface area contributed by atoms with Gasteiger partial charge in [-0.15, -0.1) is 0 Å². The second-order valence-electron chi connectivity index (χ2n) is 5.86. The number of halogens is 1. The lowest BCUT2D eigenvalue weighted by atomic mass is 10.0. The molecule has 1 N–H and O–H groups in total. The number of benzene rings is 2. The van der Waals surface area contributed by atoms with Gasteiger partial charge >= 0.3 is 0 Å². The lowest BCUT2D eigenvalue weighted by molar-refractivity contribution is 0.0942. The Bertz CT molecular complexity index is 965. The standard InChI is InChI=1S/C19H16FN3O2/c1-23-18-13-7-3-5-9-16(13)25-11-14(18)17(22-23)19(24)21-10-12-6-2-4-8-15(12)20/h2-9H,10-11H2,1H3,(H,21,24). The molecule has 0 radical (unpaired) electrons. The number of hydrogen-bond acceptors (Lipinski definition) is 3. The number of carbonyl (C=O) groups is 1. The zero-order valence-electron chi connectivity index (χ0n) is 13.6. The summed E-state index contributed by atoms with van der Waals surface area (Å²) in [5.74, 6) is 0.0857. The van der Waals surface area contributed by atoms with Crippen LogP contribution in [0.25, 0.3) is 11.3 Å². The van der Waals surface area contributed by atoms with E-state index in [0.29, 0.717) is 11.3 Å². The molecular formula is C19H16FN3O2. The van der Waals surface area contributed by atoms with Gasteiger partial charge in [-0.2, -0.15) is 5.10 Å². The minimum absolute atomic E-state index is 0.105. The Morgan fingerprint density at radius 1 is 1.24 bits per heavy atom. The quantitative estimate of drug-likeness (QED) is 0.799. The summed E-state index contributed by atoms with van der Waals surface area (Å²) in [6.07, 6.45) is 0. The van der Waals surface area contributed by atoms with Gasteiger partial charge < -0.3 is 10.1 Å².